The zero-order chi connectivity index (χ0) is 8.70. The van der Waals surface area contributed by atoms with Gasteiger partial charge in [0, 0.05) is 6.42 Å². The molecule has 0 N–H and O–H groups in total. The van der Waals surface area contributed by atoms with E-state index in [0.717, 1.165) is 6.42 Å². The first kappa shape index (κ1) is 8.76. The minimum Gasteiger partial charge on any atom is -0.300 e. The van der Waals surface area contributed by atoms with Gasteiger partial charge in [-0.1, -0.05) is 20.8 Å². The molecule has 64 valence electrons. The maximum absolute atomic E-state index is 10.9. The van der Waals surface area contributed by atoms with Crippen molar-refractivity contribution in [1.82, 2.24) is 0 Å². The molecule has 0 unspecified atom stereocenters. The van der Waals surface area contributed by atoms with Gasteiger partial charge in [-0.25, -0.2) is 0 Å². The lowest BCUT2D eigenvalue weighted by atomic mass is 9.75. The van der Waals surface area contributed by atoms with E-state index >= 15 is 0 Å². The first-order valence-electron chi connectivity index (χ1n) is 4.37. The Morgan fingerprint density at radius 1 is 1.36 bits per heavy atom. The number of hydrogen-bond acceptors (Lipinski definition) is 1. The van der Waals surface area contributed by atoms with Crippen LogP contribution in [0.5, 0.6) is 0 Å². The lowest BCUT2D eigenvalue weighted by molar-refractivity contribution is -0.119. The summed E-state index contributed by atoms with van der Waals surface area (Å²) in [5, 5.41) is 0. The molecular formula is C10H18O. The molecule has 0 atom stereocenters. The van der Waals surface area contributed by atoms with Crippen LogP contribution in [-0.2, 0) is 4.79 Å². The van der Waals surface area contributed by atoms with Crippen molar-refractivity contribution < 1.29 is 4.79 Å². The molecule has 0 aliphatic heterocycles. The van der Waals surface area contributed by atoms with E-state index in [-0.39, 0.29) is 0 Å². The molecule has 1 aliphatic carbocycles. The molecule has 1 nitrogen and oxygen atoms in total. The van der Waals surface area contributed by atoms with Crippen molar-refractivity contribution >= 4 is 5.78 Å². The Morgan fingerprint density at radius 2 is 1.82 bits per heavy atom. The summed E-state index contributed by atoms with van der Waals surface area (Å²) >= 11 is 0. The standard InChI is InChI=1S/C10H18O/c1-8(11)7-10(5-6-10)9(2,3)4/h5-7H2,1-4H3. The van der Waals surface area contributed by atoms with Crippen molar-refractivity contribution in [3.8, 4) is 0 Å². The van der Waals surface area contributed by atoms with E-state index < -0.39 is 0 Å². The Bertz CT molecular complexity index is 170. The van der Waals surface area contributed by atoms with Crippen molar-refractivity contribution in [3.05, 3.63) is 0 Å². The zero-order valence-corrected chi connectivity index (χ0v) is 8.03. The highest BCUT2D eigenvalue weighted by Crippen LogP contribution is 2.60. The van der Waals surface area contributed by atoms with Crippen molar-refractivity contribution in [2.75, 3.05) is 0 Å². The fourth-order valence-corrected chi connectivity index (χ4v) is 1.82. The molecule has 0 amide bonds. The average Bonchev–Trinajstić information content (AvgIpc) is 2.42. The molecule has 0 spiro atoms. The summed E-state index contributed by atoms with van der Waals surface area (Å²) in [6.07, 6.45) is 3.28. The molecular weight excluding hydrogens is 136 g/mol. The lowest BCUT2D eigenvalue weighted by Gasteiger charge is -2.29. The van der Waals surface area contributed by atoms with Crippen LogP contribution in [0.2, 0.25) is 0 Å². The Hall–Kier alpha value is -0.330. The van der Waals surface area contributed by atoms with Crippen LogP contribution in [0.25, 0.3) is 0 Å². The second kappa shape index (κ2) is 2.33. The van der Waals surface area contributed by atoms with Gasteiger partial charge in [-0.3, -0.25) is 0 Å². The molecule has 0 aromatic heterocycles. The van der Waals surface area contributed by atoms with Crippen LogP contribution < -0.4 is 0 Å². The van der Waals surface area contributed by atoms with Crippen LogP contribution in [0, 0.1) is 10.8 Å². The number of ketones is 1. The summed E-state index contributed by atoms with van der Waals surface area (Å²) < 4.78 is 0. The van der Waals surface area contributed by atoms with Gasteiger partial charge in [0.15, 0.2) is 0 Å². The van der Waals surface area contributed by atoms with Crippen molar-refractivity contribution in [2.24, 2.45) is 10.8 Å². The highest BCUT2D eigenvalue weighted by molar-refractivity contribution is 5.76. The summed E-state index contributed by atoms with van der Waals surface area (Å²) in [5.74, 6) is 0.345. The van der Waals surface area contributed by atoms with E-state index in [4.69, 9.17) is 0 Å². The normalized spacial score (nSPS) is 21.5. The molecule has 1 rings (SSSR count). The van der Waals surface area contributed by atoms with E-state index in [1.54, 1.807) is 6.92 Å². The molecule has 1 saturated carbocycles. The van der Waals surface area contributed by atoms with E-state index in [0.29, 0.717) is 16.6 Å². The largest absolute Gasteiger partial charge is 0.300 e. The van der Waals surface area contributed by atoms with Crippen LogP contribution >= 0.6 is 0 Å². The molecule has 0 aromatic carbocycles. The van der Waals surface area contributed by atoms with Crippen molar-refractivity contribution in [3.63, 3.8) is 0 Å². The van der Waals surface area contributed by atoms with Gasteiger partial charge < -0.3 is 4.79 Å². The maximum atomic E-state index is 10.9. The Labute approximate surface area is 69.2 Å². The highest BCUT2D eigenvalue weighted by atomic mass is 16.1. The van der Waals surface area contributed by atoms with Gasteiger partial charge in [0.25, 0.3) is 0 Å². The zero-order valence-electron chi connectivity index (χ0n) is 8.03. The minimum absolute atomic E-state index is 0.318. The minimum atomic E-state index is 0.318. The van der Waals surface area contributed by atoms with Gasteiger partial charge in [0.2, 0.25) is 0 Å². The van der Waals surface area contributed by atoms with E-state index in [2.05, 4.69) is 20.8 Å². The number of carbonyl (C=O) groups excluding carboxylic acids is 1. The average molecular weight is 154 g/mol. The third-order valence-electron chi connectivity index (χ3n) is 3.03. The Kier molecular flexibility index (Phi) is 1.85. The van der Waals surface area contributed by atoms with Gasteiger partial charge in [-0.05, 0) is 30.6 Å². The SMILES string of the molecule is CC(=O)CC1(C(C)(C)C)CC1. The van der Waals surface area contributed by atoms with Crippen molar-refractivity contribution in [2.45, 2.75) is 47.0 Å². The topological polar surface area (TPSA) is 17.1 Å². The van der Waals surface area contributed by atoms with E-state index in [1.807, 2.05) is 0 Å². The molecule has 1 heteroatoms. The summed E-state index contributed by atoms with van der Waals surface area (Å²) in [4.78, 5) is 10.9. The van der Waals surface area contributed by atoms with Crippen LogP contribution in [0.1, 0.15) is 47.0 Å². The molecule has 0 saturated heterocycles. The van der Waals surface area contributed by atoms with E-state index in [9.17, 15) is 4.79 Å². The lowest BCUT2D eigenvalue weighted by Crippen LogP contribution is -2.24. The quantitative estimate of drug-likeness (QED) is 0.597. The van der Waals surface area contributed by atoms with Crippen LogP contribution in [-0.4, -0.2) is 5.78 Å². The number of Topliss-reactive ketones (excluding diaryl/α,β-unsaturated/α-hetero) is 1. The molecule has 1 fully saturated rings. The summed E-state index contributed by atoms with van der Waals surface area (Å²) in [6.45, 7) is 8.42. The van der Waals surface area contributed by atoms with Crippen molar-refractivity contribution in [1.29, 1.82) is 0 Å². The van der Waals surface area contributed by atoms with Gasteiger partial charge in [-0.15, -0.1) is 0 Å². The fraction of sp³-hybridized carbons (Fsp3) is 0.900. The predicted octanol–water partition coefficient (Wildman–Crippen LogP) is 2.79. The first-order valence-corrected chi connectivity index (χ1v) is 4.37. The van der Waals surface area contributed by atoms with Gasteiger partial charge in [0.1, 0.15) is 5.78 Å². The summed E-state index contributed by atoms with van der Waals surface area (Å²) in [7, 11) is 0. The molecule has 11 heavy (non-hydrogen) atoms. The van der Waals surface area contributed by atoms with Crippen LogP contribution in [0.15, 0.2) is 0 Å². The third kappa shape index (κ3) is 1.63. The first-order chi connectivity index (χ1) is 4.87. The summed E-state index contributed by atoms with van der Waals surface area (Å²) in [6, 6.07) is 0. The van der Waals surface area contributed by atoms with Crippen LogP contribution in [0.3, 0.4) is 0 Å². The molecule has 1 aliphatic rings. The molecule has 0 radical (unpaired) electrons. The Balaban J connectivity index is 2.61. The number of carbonyl (C=O) groups is 1. The second-order valence-corrected chi connectivity index (χ2v) is 4.91. The molecule has 0 aromatic rings. The van der Waals surface area contributed by atoms with E-state index in [1.165, 1.54) is 12.8 Å². The monoisotopic (exact) mass is 154 g/mol. The second-order valence-electron chi connectivity index (χ2n) is 4.91. The predicted molar refractivity (Wildman–Crippen MR) is 46.4 cm³/mol. The van der Waals surface area contributed by atoms with Gasteiger partial charge in [0.05, 0.1) is 0 Å². The molecule has 0 heterocycles. The van der Waals surface area contributed by atoms with Gasteiger partial charge >= 0.3 is 0 Å². The Morgan fingerprint density at radius 3 is 1.91 bits per heavy atom. The maximum Gasteiger partial charge on any atom is 0.130 e. The third-order valence-corrected chi connectivity index (χ3v) is 3.03. The highest BCUT2D eigenvalue weighted by Gasteiger charge is 2.51. The fourth-order valence-electron chi connectivity index (χ4n) is 1.82. The number of rotatable bonds is 2. The van der Waals surface area contributed by atoms with Gasteiger partial charge in [-0.2, -0.15) is 0 Å². The number of hydrogen-bond donors (Lipinski definition) is 0. The molecule has 0 bridgehead atoms. The van der Waals surface area contributed by atoms with Crippen LogP contribution in [0.4, 0.5) is 0 Å². The summed E-state index contributed by atoms with van der Waals surface area (Å²) in [5.41, 5.74) is 0.678. The smallest absolute Gasteiger partial charge is 0.130 e.